The maximum atomic E-state index is 12.5. The minimum atomic E-state index is -4.66. The highest BCUT2D eigenvalue weighted by molar-refractivity contribution is 6.04. The van der Waals surface area contributed by atoms with Gasteiger partial charge >= 0.3 is 6.30 Å². The fourth-order valence-corrected chi connectivity index (χ4v) is 1.71. The third-order valence-electron chi connectivity index (χ3n) is 2.95. The maximum absolute atomic E-state index is 12.5. The number of hydrogen-bond acceptors (Lipinski definition) is 4. The van der Waals surface area contributed by atoms with E-state index in [4.69, 9.17) is 0 Å². The number of aromatic nitrogens is 5. The van der Waals surface area contributed by atoms with Crippen molar-refractivity contribution in [2.45, 2.75) is 32.6 Å². The summed E-state index contributed by atoms with van der Waals surface area (Å²) in [4.78, 5) is 17.5. The van der Waals surface area contributed by atoms with Gasteiger partial charge in [-0.2, -0.15) is 19.9 Å². The number of nitrogens with zero attached hydrogens (tertiary/aromatic N) is 5. The lowest BCUT2D eigenvalue weighted by molar-refractivity contribution is -0.212. The normalized spacial score (nSPS) is 13.2. The molecule has 0 aliphatic heterocycles. The van der Waals surface area contributed by atoms with E-state index in [-0.39, 0.29) is 22.4 Å². The second kappa shape index (κ2) is 5.54. The van der Waals surface area contributed by atoms with Crippen LogP contribution < -0.4 is 4.90 Å². The summed E-state index contributed by atoms with van der Waals surface area (Å²) in [6.45, 7) is 3.59. The third-order valence-corrected chi connectivity index (χ3v) is 2.95. The summed E-state index contributed by atoms with van der Waals surface area (Å²) >= 11 is 0. The van der Waals surface area contributed by atoms with Crippen LogP contribution in [0, 0.1) is 0 Å². The summed E-state index contributed by atoms with van der Waals surface area (Å²) in [5.41, 5.74) is -0.316. The number of halogens is 3. The summed E-state index contributed by atoms with van der Waals surface area (Å²) < 4.78 is 37.3. The molecule has 21 heavy (non-hydrogen) atoms. The quantitative estimate of drug-likeness (QED) is 0.935. The van der Waals surface area contributed by atoms with Crippen molar-refractivity contribution in [1.82, 2.24) is 25.0 Å². The number of carbonyl (C=O) groups is 1. The largest absolute Gasteiger partial charge is 0.504 e. The smallest absolute Gasteiger partial charge is 0.273 e. The predicted octanol–water partition coefficient (Wildman–Crippen LogP) is 1.92. The standard InChI is InChI=1S/C11H13F3N6O/c1-3-7(2)20(10-15-6-16-17-10)9(21)8-4-5-19(18-8)11(12,13)14/h4-7H,3H2,1-2H3,(H,15,16,17). The first-order valence-electron chi connectivity index (χ1n) is 6.16. The Labute approximate surface area is 117 Å². The van der Waals surface area contributed by atoms with Gasteiger partial charge in [0.2, 0.25) is 5.95 Å². The van der Waals surface area contributed by atoms with Gasteiger partial charge < -0.3 is 0 Å². The second-order valence-electron chi connectivity index (χ2n) is 4.35. The Morgan fingerprint density at radius 2 is 2.24 bits per heavy atom. The molecular formula is C11H13F3N6O. The van der Waals surface area contributed by atoms with E-state index in [0.29, 0.717) is 12.6 Å². The Balaban J connectivity index is 2.33. The highest BCUT2D eigenvalue weighted by Crippen LogP contribution is 2.22. The Morgan fingerprint density at radius 1 is 1.52 bits per heavy atom. The lowest BCUT2D eigenvalue weighted by Crippen LogP contribution is -2.39. The summed E-state index contributed by atoms with van der Waals surface area (Å²) in [7, 11) is 0. The molecule has 114 valence electrons. The van der Waals surface area contributed by atoms with E-state index in [0.717, 1.165) is 6.07 Å². The van der Waals surface area contributed by atoms with E-state index in [1.54, 1.807) is 6.92 Å². The van der Waals surface area contributed by atoms with Crippen molar-refractivity contribution >= 4 is 11.9 Å². The van der Waals surface area contributed by atoms with Crippen LogP contribution in [0.15, 0.2) is 18.6 Å². The number of aromatic amines is 1. The number of alkyl halides is 3. The average molecular weight is 302 g/mol. The van der Waals surface area contributed by atoms with E-state index in [1.807, 2.05) is 6.92 Å². The van der Waals surface area contributed by atoms with E-state index in [9.17, 15) is 18.0 Å². The molecule has 0 aromatic carbocycles. The first kappa shape index (κ1) is 15.0. The number of hydrogen-bond donors (Lipinski definition) is 1. The van der Waals surface area contributed by atoms with Gasteiger partial charge in [-0.05, 0) is 19.4 Å². The van der Waals surface area contributed by atoms with Crippen LogP contribution in [0.2, 0.25) is 0 Å². The Kier molecular flexibility index (Phi) is 3.96. The molecule has 2 aromatic heterocycles. The lowest BCUT2D eigenvalue weighted by atomic mass is 10.2. The zero-order valence-electron chi connectivity index (χ0n) is 11.3. The summed E-state index contributed by atoms with van der Waals surface area (Å²) in [5.74, 6) is -0.514. The van der Waals surface area contributed by atoms with E-state index in [2.05, 4.69) is 20.3 Å². The van der Waals surface area contributed by atoms with Crippen molar-refractivity contribution in [2.24, 2.45) is 0 Å². The predicted molar refractivity (Wildman–Crippen MR) is 66.5 cm³/mol. The molecule has 0 radical (unpaired) electrons. The van der Waals surface area contributed by atoms with Crippen LogP contribution in [0.4, 0.5) is 19.1 Å². The minimum absolute atomic E-state index is 0.163. The molecule has 2 aromatic rings. The maximum Gasteiger partial charge on any atom is 0.504 e. The van der Waals surface area contributed by atoms with Gasteiger partial charge in [-0.15, -0.1) is 13.2 Å². The number of H-pyrrole nitrogens is 1. The molecule has 0 aliphatic carbocycles. The van der Waals surface area contributed by atoms with Crippen LogP contribution in [0.25, 0.3) is 0 Å². The molecule has 0 fully saturated rings. The molecule has 2 heterocycles. The van der Waals surface area contributed by atoms with Crippen LogP contribution in [-0.2, 0) is 6.30 Å². The Hall–Kier alpha value is -2.39. The van der Waals surface area contributed by atoms with Gasteiger partial charge in [-0.3, -0.25) is 9.69 Å². The number of carbonyl (C=O) groups excluding carboxylic acids is 1. The average Bonchev–Trinajstić information content (AvgIpc) is 3.08. The highest BCUT2D eigenvalue weighted by atomic mass is 19.4. The fourth-order valence-electron chi connectivity index (χ4n) is 1.71. The van der Waals surface area contributed by atoms with E-state index in [1.165, 1.54) is 11.2 Å². The number of rotatable bonds is 4. The second-order valence-corrected chi connectivity index (χ2v) is 4.35. The molecule has 0 spiro atoms. The van der Waals surface area contributed by atoms with Crippen LogP contribution in [0.3, 0.4) is 0 Å². The molecule has 0 aliphatic rings. The zero-order valence-corrected chi connectivity index (χ0v) is 11.3. The van der Waals surface area contributed by atoms with Gasteiger partial charge in [-0.1, -0.05) is 6.92 Å². The van der Waals surface area contributed by atoms with E-state index < -0.39 is 12.2 Å². The monoisotopic (exact) mass is 302 g/mol. The first-order valence-corrected chi connectivity index (χ1v) is 6.16. The molecule has 7 nitrogen and oxygen atoms in total. The number of amides is 1. The minimum Gasteiger partial charge on any atom is -0.273 e. The van der Waals surface area contributed by atoms with Crippen molar-refractivity contribution in [3.63, 3.8) is 0 Å². The van der Waals surface area contributed by atoms with Gasteiger partial charge in [0, 0.05) is 12.2 Å². The number of anilines is 1. The van der Waals surface area contributed by atoms with Crippen LogP contribution in [-0.4, -0.2) is 36.9 Å². The molecule has 1 atom stereocenters. The molecule has 1 amide bonds. The molecule has 1 unspecified atom stereocenters. The molecule has 10 heteroatoms. The molecule has 1 N–H and O–H groups in total. The van der Waals surface area contributed by atoms with E-state index >= 15 is 0 Å². The zero-order chi connectivity index (χ0) is 15.6. The van der Waals surface area contributed by atoms with Gasteiger partial charge in [0.15, 0.2) is 5.69 Å². The molecule has 2 rings (SSSR count). The van der Waals surface area contributed by atoms with Crippen molar-refractivity contribution in [3.05, 3.63) is 24.3 Å². The summed E-state index contributed by atoms with van der Waals surface area (Å²) in [6.07, 6.45) is -2.16. The summed E-state index contributed by atoms with van der Waals surface area (Å²) in [6, 6.07) is 0.739. The third kappa shape index (κ3) is 3.03. The highest BCUT2D eigenvalue weighted by Gasteiger charge is 2.33. The van der Waals surface area contributed by atoms with Gasteiger partial charge in [-0.25, -0.2) is 5.10 Å². The molecule has 0 saturated carbocycles. The van der Waals surface area contributed by atoms with Crippen molar-refractivity contribution in [2.75, 3.05) is 4.90 Å². The van der Waals surface area contributed by atoms with Crippen molar-refractivity contribution in [3.8, 4) is 0 Å². The number of nitrogens with one attached hydrogen (secondary N) is 1. The van der Waals surface area contributed by atoms with Crippen molar-refractivity contribution < 1.29 is 18.0 Å². The van der Waals surface area contributed by atoms with Crippen LogP contribution >= 0.6 is 0 Å². The Bertz CT molecular complexity index is 606. The lowest BCUT2D eigenvalue weighted by Gasteiger charge is -2.24. The Morgan fingerprint density at radius 3 is 2.71 bits per heavy atom. The first-order chi connectivity index (χ1) is 9.84. The molecular weight excluding hydrogens is 289 g/mol. The van der Waals surface area contributed by atoms with Crippen LogP contribution in [0.1, 0.15) is 30.8 Å². The van der Waals surface area contributed by atoms with Crippen molar-refractivity contribution in [1.29, 1.82) is 0 Å². The van der Waals surface area contributed by atoms with Gasteiger partial charge in [0.1, 0.15) is 6.33 Å². The summed E-state index contributed by atoms with van der Waals surface area (Å²) in [5, 5.41) is 9.44. The molecule has 0 saturated heterocycles. The topological polar surface area (TPSA) is 79.7 Å². The molecule has 0 bridgehead atoms. The SMILES string of the molecule is CCC(C)N(C(=O)c1ccn(C(F)(F)F)n1)c1ncn[nH]1. The fraction of sp³-hybridized carbons (Fsp3) is 0.455. The van der Waals surface area contributed by atoms with Crippen LogP contribution in [0.5, 0.6) is 0 Å². The van der Waals surface area contributed by atoms with Gasteiger partial charge in [0.05, 0.1) is 0 Å². The van der Waals surface area contributed by atoms with Gasteiger partial charge in [0.25, 0.3) is 5.91 Å².